The number of nitrogens with one attached hydrogen (secondary N) is 3. The van der Waals surface area contributed by atoms with E-state index in [1.165, 1.54) is 23.4 Å². The summed E-state index contributed by atoms with van der Waals surface area (Å²) >= 11 is 0. The summed E-state index contributed by atoms with van der Waals surface area (Å²) in [4.78, 5) is 6.40. The molecule has 3 aliphatic rings. The van der Waals surface area contributed by atoms with E-state index in [0.717, 1.165) is 57.9 Å². The van der Waals surface area contributed by atoms with Gasteiger partial charge in [-0.2, -0.15) is 36.9 Å². The van der Waals surface area contributed by atoms with Crippen molar-refractivity contribution in [1.29, 1.82) is 10.5 Å². The molecule has 3 saturated heterocycles. The molecule has 292 valence electrons. The van der Waals surface area contributed by atoms with Gasteiger partial charge in [-0.15, -0.1) is 0 Å². The standard InChI is InChI=1S/C15H18F3N3.C13H14F3N3.C12H18N2/c1-10(2)14-9-20-5-6-21(14)12-4-3-11(8-19)13(7-12)15(16,17)18;1-9-8-18-4-5-19(9)11-3-2-10(7-17)12(6-11)13(14,15)16;1-10-4-3-5-12(8-10)14-7-6-13-9-11(14)2/h3-4,7,10,14,20H,5-6,9H2,1-2H3;2-3,6,9,18H,4-5,8H2,1H3;3-5,8,11,13H,6-7,9H2,1-2H3. The van der Waals surface area contributed by atoms with E-state index < -0.39 is 23.5 Å². The van der Waals surface area contributed by atoms with Gasteiger partial charge in [0, 0.05) is 94.1 Å². The molecule has 0 aliphatic carbocycles. The molecule has 8 nitrogen and oxygen atoms in total. The highest BCUT2D eigenvalue weighted by Crippen LogP contribution is 2.36. The Morgan fingerprint density at radius 3 is 1.46 bits per heavy atom. The molecule has 54 heavy (non-hydrogen) atoms. The molecule has 3 unspecified atom stereocenters. The van der Waals surface area contributed by atoms with Crippen molar-refractivity contribution in [3.63, 3.8) is 0 Å². The van der Waals surface area contributed by atoms with Gasteiger partial charge in [0.05, 0.1) is 34.4 Å². The molecule has 3 fully saturated rings. The second-order valence-corrected chi connectivity index (χ2v) is 14.2. The number of nitrogens with zero attached hydrogens (tertiary/aromatic N) is 5. The van der Waals surface area contributed by atoms with Crippen LogP contribution in [0.3, 0.4) is 0 Å². The highest BCUT2D eigenvalue weighted by atomic mass is 19.4. The third-order valence-corrected chi connectivity index (χ3v) is 9.91. The number of alkyl halides is 6. The molecule has 6 rings (SSSR count). The van der Waals surface area contributed by atoms with Gasteiger partial charge in [-0.05, 0) is 80.8 Å². The first-order valence-electron chi connectivity index (χ1n) is 18.3. The minimum atomic E-state index is -4.51. The van der Waals surface area contributed by atoms with E-state index in [-0.39, 0.29) is 23.2 Å². The summed E-state index contributed by atoms with van der Waals surface area (Å²) in [6.07, 6.45) is -9.01. The molecule has 0 aromatic heterocycles. The van der Waals surface area contributed by atoms with Crippen LogP contribution < -0.4 is 30.7 Å². The number of anilines is 3. The lowest BCUT2D eigenvalue weighted by molar-refractivity contribution is -0.138. The SMILES string of the molecule is CC(C)C1CNCCN1c1ccc(C#N)c(C(F)(F)F)c1.CC1CNCCN1c1ccc(C#N)c(C(F)(F)F)c1.Cc1cccc(N2CCNCC2C)c1. The molecule has 0 radical (unpaired) electrons. The van der Waals surface area contributed by atoms with Crippen molar-refractivity contribution < 1.29 is 26.3 Å². The van der Waals surface area contributed by atoms with Crippen molar-refractivity contribution in [2.75, 3.05) is 73.6 Å². The van der Waals surface area contributed by atoms with E-state index in [1.54, 1.807) is 24.3 Å². The fourth-order valence-electron chi connectivity index (χ4n) is 6.98. The molecule has 3 aromatic rings. The molecule has 3 atom stereocenters. The lowest BCUT2D eigenvalue weighted by Gasteiger charge is -2.40. The molecule has 0 saturated carbocycles. The van der Waals surface area contributed by atoms with Crippen molar-refractivity contribution in [3.8, 4) is 12.1 Å². The second-order valence-electron chi connectivity index (χ2n) is 14.2. The van der Waals surface area contributed by atoms with Crippen LogP contribution in [0.15, 0.2) is 60.7 Å². The molecule has 0 bridgehead atoms. The predicted octanol–water partition coefficient (Wildman–Crippen LogP) is 7.18. The molecule has 0 amide bonds. The number of benzene rings is 3. The molecule has 14 heteroatoms. The smallest absolute Gasteiger partial charge is 0.366 e. The number of piperazine rings is 3. The zero-order valence-electron chi connectivity index (χ0n) is 31.5. The van der Waals surface area contributed by atoms with E-state index in [2.05, 4.69) is 72.8 Å². The Morgan fingerprint density at radius 1 is 0.630 bits per heavy atom. The lowest BCUT2D eigenvalue weighted by Crippen LogP contribution is -2.53. The Balaban J connectivity index is 0.000000184. The normalized spacial score (nSPS) is 20.6. The van der Waals surface area contributed by atoms with E-state index in [9.17, 15) is 26.3 Å². The van der Waals surface area contributed by atoms with Gasteiger partial charge >= 0.3 is 12.4 Å². The fourth-order valence-corrected chi connectivity index (χ4v) is 6.98. The van der Waals surface area contributed by atoms with Crippen LogP contribution in [0.1, 0.15) is 55.5 Å². The maximum absolute atomic E-state index is 13.1. The lowest BCUT2D eigenvalue weighted by atomic mass is 9.98. The van der Waals surface area contributed by atoms with Crippen LogP contribution in [-0.4, -0.2) is 77.0 Å². The van der Waals surface area contributed by atoms with Gasteiger partial charge in [-0.3, -0.25) is 0 Å². The molecule has 3 aliphatic heterocycles. The quantitative estimate of drug-likeness (QED) is 0.242. The molecule has 3 aromatic carbocycles. The zero-order chi connectivity index (χ0) is 39.6. The molecule has 3 heterocycles. The van der Waals surface area contributed by atoms with Crippen LogP contribution in [0.25, 0.3) is 0 Å². The largest absolute Gasteiger partial charge is 0.417 e. The van der Waals surface area contributed by atoms with Crippen LogP contribution >= 0.6 is 0 Å². The molecule has 3 N–H and O–H groups in total. The van der Waals surface area contributed by atoms with Gasteiger partial charge in [0.1, 0.15) is 0 Å². The van der Waals surface area contributed by atoms with Crippen LogP contribution in [0.5, 0.6) is 0 Å². The number of rotatable bonds is 4. The second kappa shape index (κ2) is 18.7. The number of hydrogen-bond donors (Lipinski definition) is 3. The number of halogens is 6. The van der Waals surface area contributed by atoms with E-state index >= 15 is 0 Å². The molecular formula is C40H50F6N8. The van der Waals surface area contributed by atoms with Crippen LogP contribution in [0, 0.1) is 35.5 Å². The van der Waals surface area contributed by atoms with Gasteiger partial charge in [0.25, 0.3) is 0 Å². The number of aryl methyl sites for hydroxylation is 1. The third kappa shape index (κ3) is 11.0. The number of hydrogen-bond acceptors (Lipinski definition) is 8. The fraction of sp³-hybridized carbons (Fsp3) is 0.500. The maximum Gasteiger partial charge on any atom is 0.417 e. The van der Waals surface area contributed by atoms with Gasteiger partial charge in [-0.25, -0.2) is 0 Å². The predicted molar refractivity (Wildman–Crippen MR) is 202 cm³/mol. The van der Waals surface area contributed by atoms with E-state index in [0.29, 0.717) is 36.4 Å². The van der Waals surface area contributed by atoms with Gasteiger partial charge in [0.15, 0.2) is 0 Å². The van der Waals surface area contributed by atoms with E-state index in [4.69, 9.17) is 10.5 Å². The monoisotopic (exact) mass is 756 g/mol. The van der Waals surface area contributed by atoms with Crippen LogP contribution in [0.2, 0.25) is 0 Å². The summed E-state index contributed by atoms with van der Waals surface area (Å²) in [5.41, 5.74) is 1.36. The van der Waals surface area contributed by atoms with Crippen molar-refractivity contribution in [2.45, 2.75) is 65.1 Å². The minimum absolute atomic E-state index is 0.128. The van der Waals surface area contributed by atoms with Crippen molar-refractivity contribution in [1.82, 2.24) is 16.0 Å². The zero-order valence-corrected chi connectivity index (χ0v) is 31.5. The van der Waals surface area contributed by atoms with Crippen LogP contribution in [-0.2, 0) is 12.4 Å². The Bertz CT molecular complexity index is 1760. The van der Waals surface area contributed by atoms with Crippen molar-refractivity contribution in [2.24, 2.45) is 5.92 Å². The molecule has 0 spiro atoms. The Kier molecular flexibility index (Phi) is 14.6. The summed E-state index contributed by atoms with van der Waals surface area (Å²) < 4.78 is 77.9. The summed E-state index contributed by atoms with van der Waals surface area (Å²) in [6.45, 7) is 18.1. The van der Waals surface area contributed by atoms with Crippen molar-refractivity contribution in [3.05, 3.63) is 88.5 Å². The highest BCUT2D eigenvalue weighted by Gasteiger charge is 2.36. The minimum Gasteiger partial charge on any atom is -0.366 e. The maximum atomic E-state index is 13.1. The van der Waals surface area contributed by atoms with Crippen LogP contribution in [0.4, 0.5) is 43.4 Å². The summed E-state index contributed by atoms with van der Waals surface area (Å²) in [7, 11) is 0. The first-order valence-corrected chi connectivity index (χ1v) is 18.3. The first-order chi connectivity index (χ1) is 25.5. The Hall–Kier alpha value is -4.50. The van der Waals surface area contributed by atoms with Gasteiger partial charge < -0.3 is 30.7 Å². The van der Waals surface area contributed by atoms with Gasteiger partial charge in [0.2, 0.25) is 0 Å². The molecular weight excluding hydrogens is 706 g/mol. The highest BCUT2D eigenvalue weighted by molar-refractivity contribution is 5.57. The van der Waals surface area contributed by atoms with Crippen molar-refractivity contribution >= 4 is 17.1 Å². The summed E-state index contributed by atoms with van der Waals surface area (Å²) in [6, 6.07) is 20.7. The topological polar surface area (TPSA) is 93.4 Å². The van der Waals surface area contributed by atoms with Gasteiger partial charge in [-0.1, -0.05) is 26.0 Å². The Labute approximate surface area is 314 Å². The Morgan fingerprint density at radius 2 is 1.06 bits per heavy atom. The summed E-state index contributed by atoms with van der Waals surface area (Å²) in [5, 5.41) is 27.5. The third-order valence-electron chi connectivity index (χ3n) is 9.91. The van der Waals surface area contributed by atoms with E-state index in [1.807, 2.05) is 16.7 Å². The summed E-state index contributed by atoms with van der Waals surface area (Å²) in [5.74, 6) is 0.322. The number of nitriles is 2. The average molecular weight is 757 g/mol. The first kappa shape index (κ1) is 42.2. The average Bonchev–Trinajstić information content (AvgIpc) is 3.14.